The molecule has 1 atom stereocenters. The fourth-order valence-electron chi connectivity index (χ4n) is 3.96. The number of halogens is 1. The SMILES string of the molecule is COC(=O)[C@@H](Cc1c[nH]c2ccccc12)NC(=O)/C=C/c1c(C)nn(-c2ccc(F)cc2)c1C. The van der Waals surface area contributed by atoms with Crippen LogP contribution in [0.1, 0.15) is 22.5 Å². The molecule has 2 aromatic carbocycles. The standard InChI is InChI=1S/C26H25FN4O3/c1-16-21(17(2)31(30-16)20-10-8-19(27)9-11-20)12-13-25(32)29-24(26(33)34-3)14-18-15-28-23-7-5-4-6-22(18)23/h4-13,15,24,28H,14H2,1-3H3,(H,29,32)/b13-12+/t24-/m1/s1. The van der Waals surface area contributed by atoms with Crippen molar-refractivity contribution in [2.75, 3.05) is 7.11 Å². The summed E-state index contributed by atoms with van der Waals surface area (Å²) < 4.78 is 19.9. The third kappa shape index (κ3) is 4.76. The molecule has 0 aliphatic carbocycles. The molecule has 8 heteroatoms. The number of aromatic nitrogens is 3. The Morgan fingerprint density at radius 3 is 2.65 bits per heavy atom. The van der Waals surface area contributed by atoms with Crippen molar-refractivity contribution in [1.82, 2.24) is 20.1 Å². The van der Waals surface area contributed by atoms with Gasteiger partial charge in [-0.15, -0.1) is 0 Å². The van der Waals surface area contributed by atoms with E-state index in [-0.39, 0.29) is 12.2 Å². The van der Waals surface area contributed by atoms with Gasteiger partial charge < -0.3 is 15.0 Å². The number of methoxy groups -OCH3 is 1. The minimum Gasteiger partial charge on any atom is -0.467 e. The summed E-state index contributed by atoms with van der Waals surface area (Å²) in [5.41, 5.74) is 4.87. The molecule has 2 heterocycles. The first-order valence-electron chi connectivity index (χ1n) is 10.8. The normalized spacial score (nSPS) is 12.2. The number of aromatic amines is 1. The molecule has 7 nitrogen and oxygen atoms in total. The molecule has 0 saturated heterocycles. The van der Waals surface area contributed by atoms with Gasteiger partial charge in [0.1, 0.15) is 11.9 Å². The predicted molar refractivity (Wildman–Crippen MR) is 128 cm³/mol. The average Bonchev–Trinajstić information content (AvgIpc) is 3.37. The number of para-hydroxylation sites is 1. The summed E-state index contributed by atoms with van der Waals surface area (Å²) in [6.07, 6.45) is 5.15. The van der Waals surface area contributed by atoms with E-state index in [1.54, 1.807) is 22.9 Å². The van der Waals surface area contributed by atoms with Gasteiger partial charge in [-0.25, -0.2) is 13.9 Å². The van der Waals surface area contributed by atoms with Gasteiger partial charge >= 0.3 is 5.97 Å². The maximum atomic E-state index is 13.3. The predicted octanol–water partition coefficient (Wildman–Crippen LogP) is 4.02. The zero-order valence-electron chi connectivity index (χ0n) is 19.1. The Bertz CT molecular complexity index is 1370. The first kappa shape index (κ1) is 23.0. The van der Waals surface area contributed by atoms with Crippen molar-refractivity contribution in [2.45, 2.75) is 26.3 Å². The molecule has 0 fully saturated rings. The Morgan fingerprint density at radius 2 is 1.91 bits per heavy atom. The molecule has 0 unspecified atom stereocenters. The number of H-pyrrole nitrogens is 1. The number of amides is 1. The van der Waals surface area contributed by atoms with E-state index in [2.05, 4.69) is 15.4 Å². The van der Waals surface area contributed by atoms with E-state index < -0.39 is 17.9 Å². The van der Waals surface area contributed by atoms with Gasteiger partial charge in [-0.2, -0.15) is 5.10 Å². The van der Waals surface area contributed by atoms with E-state index in [4.69, 9.17) is 4.74 Å². The lowest BCUT2D eigenvalue weighted by Crippen LogP contribution is -2.42. The molecule has 174 valence electrons. The Kier molecular flexibility index (Phi) is 6.58. The summed E-state index contributed by atoms with van der Waals surface area (Å²) in [6, 6.07) is 12.9. The highest BCUT2D eigenvalue weighted by Gasteiger charge is 2.22. The molecule has 0 spiro atoms. The van der Waals surface area contributed by atoms with Gasteiger partial charge in [-0.1, -0.05) is 18.2 Å². The van der Waals surface area contributed by atoms with Gasteiger partial charge in [0.05, 0.1) is 18.5 Å². The Balaban J connectivity index is 1.51. The second kappa shape index (κ2) is 9.74. The number of carbonyl (C=O) groups is 2. The summed E-state index contributed by atoms with van der Waals surface area (Å²) in [4.78, 5) is 28.2. The minimum atomic E-state index is -0.842. The van der Waals surface area contributed by atoms with Crippen molar-refractivity contribution in [2.24, 2.45) is 0 Å². The molecule has 0 aliphatic rings. The van der Waals surface area contributed by atoms with Crippen LogP contribution in [-0.2, 0) is 20.7 Å². The number of carbonyl (C=O) groups excluding carboxylic acids is 2. The second-order valence-electron chi connectivity index (χ2n) is 7.95. The summed E-state index contributed by atoms with van der Waals surface area (Å²) in [7, 11) is 1.29. The second-order valence-corrected chi connectivity index (χ2v) is 7.95. The summed E-state index contributed by atoms with van der Waals surface area (Å²) >= 11 is 0. The van der Waals surface area contributed by atoms with E-state index >= 15 is 0 Å². The van der Waals surface area contributed by atoms with E-state index in [0.717, 1.165) is 33.4 Å². The van der Waals surface area contributed by atoms with E-state index in [1.807, 2.05) is 44.3 Å². The van der Waals surface area contributed by atoms with Gasteiger partial charge in [0.25, 0.3) is 0 Å². The summed E-state index contributed by atoms with van der Waals surface area (Å²) in [5.74, 6) is -1.28. The van der Waals surface area contributed by atoms with Crippen molar-refractivity contribution in [3.8, 4) is 5.69 Å². The van der Waals surface area contributed by atoms with Crippen LogP contribution in [0.4, 0.5) is 4.39 Å². The molecule has 0 saturated carbocycles. The van der Waals surface area contributed by atoms with Crippen LogP contribution in [0, 0.1) is 19.7 Å². The highest BCUT2D eigenvalue weighted by molar-refractivity contribution is 5.95. The number of nitrogens with zero attached hydrogens (tertiary/aromatic N) is 2. The van der Waals surface area contributed by atoms with Crippen LogP contribution in [-0.4, -0.2) is 39.8 Å². The molecule has 0 radical (unpaired) electrons. The topological polar surface area (TPSA) is 89.0 Å². The van der Waals surface area contributed by atoms with Crippen molar-refractivity contribution in [3.63, 3.8) is 0 Å². The Hall–Kier alpha value is -4.20. The number of aryl methyl sites for hydroxylation is 1. The number of benzene rings is 2. The van der Waals surface area contributed by atoms with E-state index in [0.29, 0.717) is 5.69 Å². The molecule has 2 N–H and O–H groups in total. The molecule has 4 aromatic rings. The lowest BCUT2D eigenvalue weighted by atomic mass is 10.0. The van der Waals surface area contributed by atoms with Crippen LogP contribution >= 0.6 is 0 Å². The third-order valence-electron chi connectivity index (χ3n) is 5.72. The van der Waals surface area contributed by atoms with Crippen LogP contribution < -0.4 is 5.32 Å². The quantitative estimate of drug-likeness (QED) is 0.322. The van der Waals surface area contributed by atoms with Gasteiger partial charge in [0, 0.05) is 40.9 Å². The monoisotopic (exact) mass is 460 g/mol. The van der Waals surface area contributed by atoms with Crippen LogP contribution in [0.5, 0.6) is 0 Å². The van der Waals surface area contributed by atoms with Crippen molar-refractivity contribution in [3.05, 3.63) is 89.1 Å². The van der Waals surface area contributed by atoms with E-state index in [9.17, 15) is 14.0 Å². The van der Waals surface area contributed by atoms with Gasteiger partial charge in [0.15, 0.2) is 0 Å². The maximum absolute atomic E-state index is 13.3. The number of hydrogen-bond acceptors (Lipinski definition) is 4. The number of esters is 1. The zero-order chi connectivity index (χ0) is 24.2. The highest BCUT2D eigenvalue weighted by atomic mass is 19.1. The first-order valence-corrected chi connectivity index (χ1v) is 10.8. The molecule has 1 amide bonds. The van der Waals surface area contributed by atoms with Gasteiger partial charge in [-0.05, 0) is 55.8 Å². The number of fused-ring (bicyclic) bond motifs is 1. The van der Waals surface area contributed by atoms with Crippen molar-refractivity contribution >= 4 is 28.9 Å². The fraction of sp³-hybridized carbons (Fsp3) is 0.192. The maximum Gasteiger partial charge on any atom is 0.328 e. The number of hydrogen-bond donors (Lipinski definition) is 2. The third-order valence-corrected chi connectivity index (χ3v) is 5.72. The van der Waals surface area contributed by atoms with Crippen molar-refractivity contribution in [1.29, 1.82) is 0 Å². The lowest BCUT2D eigenvalue weighted by molar-refractivity contribution is -0.144. The van der Waals surface area contributed by atoms with Crippen molar-refractivity contribution < 1.29 is 18.7 Å². The fourth-order valence-corrected chi connectivity index (χ4v) is 3.96. The van der Waals surface area contributed by atoms with Crippen LogP contribution in [0.2, 0.25) is 0 Å². The highest BCUT2D eigenvalue weighted by Crippen LogP contribution is 2.21. The molecule has 0 bridgehead atoms. The largest absolute Gasteiger partial charge is 0.467 e. The first-order chi connectivity index (χ1) is 16.4. The van der Waals surface area contributed by atoms with Crippen LogP contribution in [0.3, 0.4) is 0 Å². The zero-order valence-corrected chi connectivity index (χ0v) is 19.1. The molecule has 0 aliphatic heterocycles. The lowest BCUT2D eigenvalue weighted by Gasteiger charge is -2.15. The van der Waals surface area contributed by atoms with Crippen LogP contribution in [0.25, 0.3) is 22.7 Å². The minimum absolute atomic E-state index is 0.289. The Morgan fingerprint density at radius 1 is 1.18 bits per heavy atom. The molecule has 4 rings (SSSR count). The van der Waals surface area contributed by atoms with Gasteiger partial charge in [-0.3, -0.25) is 4.79 Å². The number of ether oxygens (including phenoxy) is 1. The Labute approximate surface area is 196 Å². The van der Waals surface area contributed by atoms with Crippen LogP contribution in [0.15, 0.2) is 60.8 Å². The molecule has 2 aromatic heterocycles. The summed E-state index contributed by atoms with van der Waals surface area (Å²) in [6.45, 7) is 3.70. The number of nitrogens with one attached hydrogen (secondary N) is 2. The molecular weight excluding hydrogens is 435 g/mol. The molecular formula is C26H25FN4O3. The van der Waals surface area contributed by atoms with Gasteiger partial charge in [0.2, 0.25) is 5.91 Å². The number of rotatable bonds is 7. The molecule has 34 heavy (non-hydrogen) atoms. The average molecular weight is 461 g/mol. The van der Waals surface area contributed by atoms with E-state index in [1.165, 1.54) is 25.3 Å². The summed E-state index contributed by atoms with van der Waals surface area (Å²) in [5, 5.41) is 8.23. The smallest absolute Gasteiger partial charge is 0.328 e.